The van der Waals surface area contributed by atoms with Crippen LogP contribution in [-0.4, -0.2) is 7.11 Å². The van der Waals surface area contributed by atoms with Gasteiger partial charge in [0, 0.05) is 11.3 Å². The molecule has 15 heavy (non-hydrogen) atoms. The first-order valence-electron chi connectivity index (χ1n) is 5.44. The molecule has 0 radical (unpaired) electrons. The summed E-state index contributed by atoms with van der Waals surface area (Å²) >= 11 is 0. The second kappa shape index (κ2) is 4.39. The van der Waals surface area contributed by atoms with Crippen LogP contribution < -0.4 is 10.5 Å². The van der Waals surface area contributed by atoms with Crippen LogP contribution in [-0.2, 0) is 0 Å². The van der Waals surface area contributed by atoms with Crippen LogP contribution in [0.5, 0.6) is 5.75 Å². The van der Waals surface area contributed by atoms with Gasteiger partial charge in [-0.05, 0) is 49.5 Å². The molecule has 80 valence electrons. The molecule has 2 heteroatoms. The summed E-state index contributed by atoms with van der Waals surface area (Å²) in [5.41, 5.74) is 9.15. The lowest BCUT2D eigenvalue weighted by Crippen LogP contribution is -1.97. The van der Waals surface area contributed by atoms with Gasteiger partial charge in [-0.2, -0.15) is 0 Å². The predicted octanol–water partition coefficient (Wildman–Crippen LogP) is 3.23. The number of nitrogen functional groups attached to an aromatic ring is 1. The van der Waals surface area contributed by atoms with Crippen LogP contribution in [0.2, 0.25) is 0 Å². The summed E-state index contributed by atoms with van der Waals surface area (Å²) in [6.45, 7) is 0. The number of hydrogen-bond acceptors (Lipinski definition) is 2. The summed E-state index contributed by atoms with van der Waals surface area (Å²) in [6.07, 6.45) is 7.19. The highest BCUT2D eigenvalue weighted by Crippen LogP contribution is 2.33. The van der Waals surface area contributed by atoms with E-state index in [-0.39, 0.29) is 0 Å². The van der Waals surface area contributed by atoms with Crippen molar-refractivity contribution in [2.45, 2.75) is 25.7 Å². The van der Waals surface area contributed by atoms with Gasteiger partial charge in [-0.15, -0.1) is 0 Å². The van der Waals surface area contributed by atoms with Gasteiger partial charge < -0.3 is 10.5 Å². The molecule has 1 aliphatic carbocycles. The highest BCUT2D eigenvalue weighted by Gasteiger charge is 2.11. The minimum Gasteiger partial charge on any atom is -0.496 e. The molecule has 1 aliphatic rings. The minimum atomic E-state index is 0.803. The predicted molar refractivity (Wildman–Crippen MR) is 63.9 cm³/mol. The quantitative estimate of drug-likeness (QED) is 0.749. The standard InChI is InChI=1S/C13H17NO/c1-15-13-8-7-11(14)9-12(13)10-5-3-2-4-6-10/h5,7-9H,2-4,6,14H2,1H3. The first-order chi connectivity index (χ1) is 7.31. The average Bonchev–Trinajstić information content (AvgIpc) is 2.30. The van der Waals surface area contributed by atoms with E-state index in [1.807, 2.05) is 18.2 Å². The van der Waals surface area contributed by atoms with Crippen molar-refractivity contribution >= 4 is 11.3 Å². The SMILES string of the molecule is COc1ccc(N)cc1C1=CCCCC1. The largest absolute Gasteiger partial charge is 0.496 e. The van der Waals surface area contributed by atoms with Crippen LogP contribution in [0.25, 0.3) is 5.57 Å². The van der Waals surface area contributed by atoms with Gasteiger partial charge in [-0.25, -0.2) is 0 Å². The Kier molecular flexibility index (Phi) is 2.95. The van der Waals surface area contributed by atoms with Crippen molar-refractivity contribution < 1.29 is 4.74 Å². The van der Waals surface area contributed by atoms with Crippen LogP contribution in [0.15, 0.2) is 24.3 Å². The Bertz CT molecular complexity index is 382. The molecule has 0 saturated heterocycles. The Balaban J connectivity index is 2.40. The third kappa shape index (κ3) is 2.14. The van der Waals surface area contributed by atoms with Gasteiger partial charge in [0.05, 0.1) is 7.11 Å². The molecule has 0 spiro atoms. The van der Waals surface area contributed by atoms with E-state index in [9.17, 15) is 0 Å². The first kappa shape index (κ1) is 10.1. The minimum absolute atomic E-state index is 0.803. The topological polar surface area (TPSA) is 35.2 Å². The van der Waals surface area contributed by atoms with Crippen molar-refractivity contribution in [3.05, 3.63) is 29.8 Å². The van der Waals surface area contributed by atoms with Gasteiger partial charge in [0.25, 0.3) is 0 Å². The number of benzene rings is 1. The number of nitrogens with two attached hydrogens (primary N) is 1. The van der Waals surface area contributed by atoms with E-state index in [0.29, 0.717) is 0 Å². The van der Waals surface area contributed by atoms with Crippen molar-refractivity contribution in [3.63, 3.8) is 0 Å². The van der Waals surface area contributed by atoms with E-state index in [1.165, 1.54) is 24.8 Å². The van der Waals surface area contributed by atoms with E-state index in [1.54, 1.807) is 7.11 Å². The summed E-state index contributed by atoms with van der Waals surface area (Å²) in [5.74, 6) is 0.928. The molecule has 0 aromatic heterocycles. The maximum absolute atomic E-state index is 5.81. The maximum Gasteiger partial charge on any atom is 0.126 e. The summed E-state index contributed by atoms with van der Waals surface area (Å²) in [7, 11) is 1.71. The molecule has 2 nitrogen and oxygen atoms in total. The lowest BCUT2D eigenvalue weighted by atomic mass is 9.93. The molecule has 0 atom stereocenters. The van der Waals surface area contributed by atoms with Gasteiger partial charge >= 0.3 is 0 Å². The zero-order chi connectivity index (χ0) is 10.7. The Morgan fingerprint density at radius 1 is 1.27 bits per heavy atom. The van der Waals surface area contributed by atoms with Gasteiger partial charge in [0.1, 0.15) is 5.75 Å². The van der Waals surface area contributed by atoms with Crippen LogP contribution in [0.1, 0.15) is 31.2 Å². The Hall–Kier alpha value is -1.44. The van der Waals surface area contributed by atoms with Gasteiger partial charge in [-0.1, -0.05) is 6.08 Å². The first-order valence-corrected chi connectivity index (χ1v) is 5.44. The van der Waals surface area contributed by atoms with Gasteiger partial charge in [-0.3, -0.25) is 0 Å². The number of ether oxygens (including phenoxy) is 1. The number of hydrogen-bond donors (Lipinski definition) is 1. The third-order valence-electron chi connectivity index (χ3n) is 2.86. The lowest BCUT2D eigenvalue weighted by Gasteiger charge is -2.16. The molecular weight excluding hydrogens is 186 g/mol. The molecule has 1 aromatic rings. The Morgan fingerprint density at radius 3 is 2.80 bits per heavy atom. The molecule has 2 N–H and O–H groups in total. The molecule has 0 heterocycles. The van der Waals surface area contributed by atoms with E-state index >= 15 is 0 Å². The number of methoxy groups -OCH3 is 1. The van der Waals surface area contributed by atoms with Crippen LogP contribution >= 0.6 is 0 Å². The number of rotatable bonds is 2. The second-order valence-electron chi connectivity index (χ2n) is 3.93. The zero-order valence-electron chi connectivity index (χ0n) is 9.12. The average molecular weight is 203 g/mol. The van der Waals surface area contributed by atoms with Crippen molar-refractivity contribution in [2.75, 3.05) is 12.8 Å². The van der Waals surface area contributed by atoms with E-state index in [0.717, 1.165) is 23.4 Å². The molecule has 0 saturated carbocycles. The molecule has 1 aromatic carbocycles. The van der Waals surface area contributed by atoms with Gasteiger partial charge in [0.15, 0.2) is 0 Å². The summed E-state index contributed by atoms with van der Waals surface area (Å²) in [5, 5.41) is 0. The fraction of sp³-hybridized carbons (Fsp3) is 0.385. The smallest absolute Gasteiger partial charge is 0.126 e. The van der Waals surface area contributed by atoms with E-state index in [2.05, 4.69) is 6.08 Å². The molecule has 2 rings (SSSR count). The molecule has 0 amide bonds. The van der Waals surface area contributed by atoms with E-state index in [4.69, 9.17) is 10.5 Å². The Morgan fingerprint density at radius 2 is 2.13 bits per heavy atom. The second-order valence-corrected chi connectivity index (χ2v) is 3.93. The summed E-state index contributed by atoms with van der Waals surface area (Å²) in [4.78, 5) is 0. The highest BCUT2D eigenvalue weighted by atomic mass is 16.5. The number of anilines is 1. The van der Waals surface area contributed by atoms with Crippen molar-refractivity contribution in [1.29, 1.82) is 0 Å². The molecule has 0 bridgehead atoms. The van der Waals surface area contributed by atoms with E-state index < -0.39 is 0 Å². The third-order valence-corrected chi connectivity index (χ3v) is 2.86. The fourth-order valence-corrected chi connectivity index (χ4v) is 2.06. The van der Waals surface area contributed by atoms with Crippen LogP contribution in [0, 0.1) is 0 Å². The summed E-state index contributed by atoms with van der Waals surface area (Å²) in [6, 6.07) is 5.84. The monoisotopic (exact) mass is 203 g/mol. The molecule has 0 fully saturated rings. The fourth-order valence-electron chi connectivity index (χ4n) is 2.06. The van der Waals surface area contributed by atoms with Crippen LogP contribution in [0.4, 0.5) is 5.69 Å². The van der Waals surface area contributed by atoms with Crippen molar-refractivity contribution in [2.24, 2.45) is 0 Å². The molecule has 0 unspecified atom stereocenters. The lowest BCUT2D eigenvalue weighted by molar-refractivity contribution is 0.413. The Labute approximate surface area is 90.7 Å². The highest BCUT2D eigenvalue weighted by molar-refractivity contribution is 5.73. The molecule has 0 aliphatic heterocycles. The van der Waals surface area contributed by atoms with Crippen LogP contribution in [0.3, 0.4) is 0 Å². The maximum atomic E-state index is 5.81. The normalized spacial score (nSPS) is 15.9. The molecular formula is C13H17NO. The van der Waals surface area contributed by atoms with Crippen molar-refractivity contribution in [3.8, 4) is 5.75 Å². The summed E-state index contributed by atoms with van der Waals surface area (Å²) < 4.78 is 5.36. The van der Waals surface area contributed by atoms with Gasteiger partial charge in [0.2, 0.25) is 0 Å². The van der Waals surface area contributed by atoms with Crippen molar-refractivity contribution in [1.82, 2.24) is 0 Å². The number of allylic oxidation sites excluding steroid dienone is 2. The zero-order valence-corrected chi connectivity index (χ0v) is 9.12.